The lowest BCUT2D eigenvalue weighted by Gasteiger charge is -2.19. The van der Waals surface area contributed by atoms with Gasteiger partial charge in [-0.3, -0.25) is 9.78 Å². The smallest absolute Gasteiger partial charge is 0.309 e. The number of nitrogens with one attached hydrogen (secondary N) is 1. The Hall–Kier alpha value is -2.25. The molecule has 1 heterocycles. The van der Waals surface area contributed by atoms with Gasteiger partial charge in [-0.2, -0.15) is 0 Å². The van der Waals surface area contributed by atoms with Crippen LogP contribution in [0.5, 0.6) is 0 Å². The summed E-state index contributed by atoms with van der Waals surface area (Å²) in [7, 11) is -3.60. The summed E-state index contributed by atoms with van der Waals surface area (Å²) in [6.07, 6.45) is 3.21. The third-order valence-electron chi connectivity index (χ3n) is 3.66. The molecule has 2 N–H and O–H groups in total. The molecule has 0 spiro atoms. The van der Waals surface area contributed by atoms with Crippen molar-refractivity contribution < 1.29 is 18.3 Å². The second kappa shape index (κ2) is 7.11. The van der Waals surface area contributed by atoms with Crippen LogP contribution < -0.4 is 4.72 Å². The van der Waals surface area contributed by atoms with Gasteiger partial charge < -0.3 is 5.11 Å². The summed E-state index contributed by atoms with van der Waals surface area (Å²) in [5, 5.41) is 9.16. The van der Waals surface area contributed by atoms with E-state index in [1.807, 2.05) is 12.1 Å². The Morgan fingerprint density at radius 1 is 1.17 bits per heavy atom. The Balaban J connectivity index is 2.01. The molecule has 0 amide bonds. The molecule has 1 aromatic carbocycles. The first kappa shape index (κ1) is 18.1. The molecular weight excluding hydrogens is 328 g/mol. The van der Waals surface area contributed by atoms with Crippen molar-refractivity contribution in [1.82, 2.24) is 9.71 Å². The molecule has 0 saturated heterocycles. The van der Waals surface area contributed by atoms with Gasteiger partial charge >= 0.3 is 5.97 Å². The first-order valence-corrected chi connectivity index (χ1v) is 8.90. The standard InChI is InChI=1S/C17H20N2O4S/c1-17(2,16(20)21)10-13-5-7-14(8-6-13)11-19-24(22,23)15-4-3-9-18-12-15/h3-9,12,19H,10-11H2,1-2H3,(H,20,21). The van der Waals surface area contributed by atoms with E-state index in [9.17, 15) is 13.2 Å². The Kier molecular flexibility index (Phi) is 5.36. The fraction of sp³-hybridized carbons (Fsp3) is 0.294. The van der Waals surface area contributed by atoms with Crippen LogP contribution in [0.1, 0.15) is 25.0 Å². The fourth-order valence-corrected chi connectivity index (χ4v) is 3.11. The minimum atomic E-state index is -3.60. The number of rotatable bonds is 7. The van der Waals surface area contributed by atoms with Crippen molar-refractivity contribution in [2.45, 2.75) is 31.7 Å². The number of carboxylic acids is 1. The summed E-state index contributed by atoms with van der Waals surface area (Å²) in [5.74, 6) is -0.851. The minimum Gasteiger partial charge on any atom is -0.481 e. The summed E-state index contributed by atoms with van der Waals surface area (Å²) in [6.45, 7) is 3.50. The maximum absolute atomic E-state index is 12.1. The van der Waals surface area contributed by atoms with Crippen molar-refractivity contribution in [3.05, 3.63) is 59.9 Å². The van der Waals surface area contributed by atoms with Crippen LogP contribution in [-0.2, 0) is 27.8 Å². The van der Waals surface area contributed by atoms with Gasteiger partial charge in [0.15, 0.2) is 0 Å². The second-order valence-electron chi connectivity index (χ2n) is 6.20. The van der Waals surface area contributed by atoms with Gasteiger partial charge in [0.25, 0.3) is 0 Å². The molecule has 0 radical (unpaired) electrons. The number of aliphatic carboxylic acids is 1. The third-order valence-corrected chi connectivity index (χ3v) is 5.05. The van der Waals surface area contributed by atoms with Crippen molar-refractivity contribution in [2.75, 3.05) is 0 Å². The molecule has 0 fully saturated rings. The van der Waals surface area contributed by atoms with E-state index in [-0.39, 0.29) is 11.4 Å². The van der Waals surface area contributed by atoms with E-state index in [1.54, 1.807) is 32.0 Å². The Morgan fingerprint density at radius 3 is 2.33 bits per heavy atom. The predicted molar refractivity (Wildman–Crippen MR) is 89.8 cm³/mol. The number of benzene rings is 1. The van der Waals surface area contributed by atoms with Crippen molar-refractivity contribution in [3.63, 3.8) is 0 Å². The van der Waals surface area contributed by atoms with E-state index in [2.05, 4.69) is 9.71 Å². The van der Waals surface area contributed by atoms with Crippen LogP contribution in [0.4, 0.5) is 0 Å². The van der Waals surface area contributed by atoms with Gasteiger partial charge in [-0.1, -0.05) is 24.3 Å². The molecule has 0 saturated carbocycles. The highest BCUT2D eigenvalue weighted by atomic mass is 32.2. The van der Waals surface area contributed by atoms with E-state index in [1.165, 1.54) is 18.5 Å². The molecule has 1 aromatic heterocycles. The molecular formula is C17H20N2O4S. The summed E-state index contributed by atoms with van der Waals surface area (Å²) in [6, 6.07) is 10.3. The zero-order valence-electron chi connectivity index (χ0n) is 13.6. The van der Waals surface area contributed by atoms with Crippen molar-refractivity contribution in [1.29, 1.82) is 0 Å². The molecule has 24 heavy (non-hydrogen) atoms. The average molecular weight is 348 g/mol. The Bertz CT molecular complexity index is 800. The van der Waals surface area contributed by atoms with Crippen LogP contribution in [0.25, 0.3) is 0 Å². The third kappa shape index (κ3) is 4.62. The lowest BCUT2D eigenvalue weighted by Crippen LogP contribution is -2.26. The van der Waals surface area contributed by atoms with Crippen LogP contribution in [-0.4, -0.2) is 24.5 Å². The molecule has 6 nitrogen and oxygen atoms in total. The highest BCUT2D eigenvalue weighted by Gasteiger charge is 2.27. The van der Waals surface area contributed by atoms with E-state index >= 15 is 0 Å². The van der Waals surface area contributed by atoms with Crippen LogP contribution in [0, 0.1) is 5.41 Å². The molecule has 0 atom stereocenters. The zero-order chi connectivity index (χ0) is 17.8. The first-order chi connectivity index (χ1) is 11.2. The van der Waals surface area contributed by atoms with Crippen LogP contribution in [0.15, 0.2) is 53.7 Å². The van der Waals surface area contributed by atoms with Crippen LogP contribution in [0.2, 0.25) is 0 Å². The highest BCUT2D eigenvalue weighted by molar-refractivity contribution is 7.89. The highest BCUT2D eigenvalue weighted by Crippen LogP contribution is 2.22. The summed E-state index contributed by atoms with van der Waals surface area (Å²) in [4.78, 5) is 15.1. The fourth-order valence-electron chi connectivity index (χ4n) is 2.13. The molecule has 0 bridgehead atoms. The number of carboxylic acid groups (broad SMARTS) is 1. The van der Waals surface area contributed by atoms with E-state index < -0.39 is 21.4 Å². The zero-order valence-corrected chi connectivity index (χ0v) is 14.4. The summed E-state index contributed by atoms with van der Waals surface area (Å²) in [5.41, 5.74) is 0.837. The van der Waals surface area contributed by atoms with Gasteiger partial charge in [-0.25, -0.2) is 13.1 Å². The van der Waals surface area contributed by atoms with Gasteiger partial charge in [0.1, 0.15) is 4.90 Å². The predicted octanol–water partition coefficient (Wildman–Crippen LogP) is 2.21. The molecule has 0 unspecified atom stereocenters. The molecule has 128 valence electrons. The number of sulfonamides is 1. The SMILES string of the molecule is CC(C)(Cc1ccc(CNS(=O)(=O)c2cccnc2)cc1)C(=O)O. The largest absolute Gasteiger partial charge is 0.481 e. The lowest BCUT2D eigenvalue weighted by atomic mass is 9.86. The number of carbonyl (C=O) groups is 1. The monoisotopic (exact) mass is 348 g/mol. The van der Waals surface area contributed by atoms with E-state index in [0.29, 0.717) is 6.42 Å². The summed E-state index contributed by atoms with van der Waals surface area (Å²) < 4.78 is 26.8. The van der Waals surface area contributed by atoms with Gasteiger partial charge in [0, 0.05) is 18.9 Å². The van der Waals surface area contributed by atoms with Gasteiger partial charge in [0.05, 0.1) is 5.41 Å². The number of hydrogen-bond donors (Lipinski definition) is 2. The Morgan fingerprint density at radius 2 is 1.79 bits per heavy atom. The molecule has 0 aliphatic carbocycles. The normalized spacial score (nSPS) is 12.1. The minimum absolute atomic E-state index is 0.116. The van der Waals surface area contributed by atoms with E-state index in [4.69, 9.17) is 5.11 Å². The van der Waals surface area contributed by atoms with E-state index in [0.717, 1.165) is 11.1 Å². The van der Waals surface area contributed by atoms with Gasteiger partial charge in [-0.15, -0.1) is 0 Å². The Labute approximate surface area is 141 Å². The first-order valence-electron chi connectivity index (χ1n) is 7.42. The van der Waals surface area contributed by atoms with Crippen LogP contribution >= 0.6 is 0 Å². The summed E-state index contributed by atoms with van der Waals surface area (Å²) >= 11 is 0. The van der Waals surface area contributed by atoms with Crippen molar-refractivity contribution in [3.8, 4) is 0 Å². The topological polar surface area (TPSA) is 96.4 Å². The lowest BCUT2D eigenvalue weighted by molar-refractivity contribution is -0.146. The molecule has 0 aliphatic heterocycles. The average Bonchev–Trinajstić information content (AvgIpc) is 2.55. The van der Waals surface area contributed by atoms with Crippen LogP contribution in [0.3, 0.4) is 0 Å². The molecule has 7 heteroatoms. The maximum Gasteiger partial charge on any atom is 0.309 e. The maximum atomic E-state index is 12.1. The van der Waals surface area contributed by atoms with Crippen molar-refractivity contribution >= 4 is 16.0 Å². The number of pyridine rings is 1. The van der Waals surface area contributed by atoms with Crippen molar-refractivity contribution in [2.24, 2.45) is 5.41 Å². The number of nitrogens with zero attached hydrogens (tertiary/aromatic N) is 1. The quantitative estimate of drug-likeness (QED) is 0.800. The molecule has 2 rings (SSSR count). The number of aromatic nitrogens is 1. The van der Waals surface area contributed by atoms with Gasteiger partial charge in [-0.05, 0) is 43.5 Å². The molecule has 0 aliphatic rings. The second-order valence-corrected chi connectivity index (χ2v) is 7.96. The van der Waals surface area contributed by atoms with Gasteiger partial charge in [0.2, 0.25) is 10.0 Å². The molecule has 2 aromatic rings. The number of hydrogen-bond acceptors (Lipinski definition) is 4.